The molecular weight excluding hydrogens is 308 g/mol. The van der Waals surface area contributed by atoms with E-state index in [0.29, 0.717) is 11.8 Å². The summed E-state index contributed by atoms with van der Waals surface area (Å²) in [6, 6.07) is 4.13. The molecule has 9 heteroatoms. The summed E-state index contributed by atoms with van der Waals surface area (Å²) in [4.78, 5) is 21.6. The molecule has 1 aromatic carbocycles. The first-order valence-electron chi connectivity index (χ1n) is 5.17. The van der Waals surface area contributed by atoms with Crippen molar-refractivity contribution in [3.05, 3.63) is 35.4 Å². The summed E-state index contributed by atoms with van der Waals surface area (Å²) in [5.41, 5.74) is 0.474. The number of carbonyl (C=O) groups excluding carboxylic acids is 1. The largest absolute Gasteiger partial charge is 0.478 e. The fraction of sp³-hybridized carbons (Fsp3) is 0.0909. The lowest BCUT2D eigenvalue weighted by atomic mass is 10.3. The van der Waals surface area contributed by atoms with Crippen LogP contribution in [0.5, 0.6) is 0 Å². The lowest BCUT2D eigenvalue weighted by Gasteiger charge is -2.08. The molecule has 0 aliphatic heterocycles. The fourth-order valence-electron chi connectivity index (χ4n) is 1.21. The number of anilines is 2. The van der Waals surface area contributed by atoms with Gasteiger partial charge in [-0.1, -0.05) is 11.6 Å². The minimum absolute atomic E-state index is 0.0930. The highest BCUT2D eigenvalue weighted by molar-refractivity contribution is 7.92. The number of rotatable bonds is 5. The lowest BCUT2D eigenvalue weighted by molar-refractivity contribution is -0.131. The minimum Gasteiger partial charge on any atom is -0.478 e. The highest BCUT2D eigenvalue weighted by Crippen LogP contribution is 2.26. The Bertz CT molecular complexity index is 669. The molecule has 0 fully saturated rings. The standard InChI is InChI=1S/C11H11ClN2O5S/c1-20(18,19)14-9-3-2-7(6-8(9)12)13-10(15)4-5-11(16)17/h2-6,14H,1H3,(H,13,15)(H,16,17)/b5-4+. The van der Waals surface area contributed by atoms with Crippen LogP contribution >= 0.6 is 11.6 Å². The maximum absolute atomic E-state index is 11.3. The van der Waals surface area contributed by atoms with E-state index in [2.05, 4.69) is 10.0 Å². The van der Waals surface area contributed by atoms with Gasteiger partial charge < -0.3 is 10.4 Å². The Morgan fingerprint density at radius 3 is 2.45 bits per heavy atom. The third-order valence-electron chi connectivity index (χ3n) is 1.91. The molecule has 1 amide bonds. The van der Waals surface area contributed by atoms with E-state index in [-0.39, 0.29) is 10.7 Å². The summed E-state index contributed by atoms with van der Waals surface area (Å²) >= 11 is 5.86. The maximum Gasteiger partial charge on any atom is 0.328 e. The van der Waals surface area contributed by atoms with Crippen molar-refractivity contribution in [1.82, 2.24) is 0 Å². The molecule has 3 N–H and O–H groups in total. The minimum atomic E-state index is -3.45. The SMILES string of the molecule is CS(=O)(=O)Nc1ccc(NC(=O)/C=C/C(=O)O)cc1Cl. The van der Waals surface area contributed by atoms with Crippen molar-refractivity contribution in [3.8, 4) is 0 Å². The summed E-state index contributed by atoms with van der Waals surface area (Å²) in [5, 5.41) is 10.8. The molecule has 0 bridgehead atoms. The highest BCUT2D eigenvalue weighted by Gasteiger charge is 2.08. The zero-order valence-corrected chi connectivity index (χ0v) is 11.8. The number of halogens is 1. The second-order valence-electron chi connectivity index (χ2n) is 3.73. The van der Waals surface area contributed by atoms with Crippen LogP contribution in [0.4, 0.5) is 11.4 Å². The molecule has 108 valence electrons. The zero-order valence-electron chi connectivity index (χ0n) is 10.3. The number of carboxylic acids is 1. The van der Waals surface area contributed by atoms with Gasteiger partial charge in [-0.05, 0) is 18.2 Å². The van der Waals surface area contributed by atoms with Gasteiger partial charge in [-0.25, -0.2) is 13.2 Å². The molecule has 0 aromatic heterocycles. The molecule has 0 atom stereocenters. The summed E-state index contributed by atoms with van der Waals surface area (Å²) in [7, 11) is -3.45. The lowest BCUT2D eigenvalue weighted by Crippen LogP contribution is -2.11. The number of hydrogen-bond acceptors (Lipinski definition) is 4. The van der Waals surface area contributed by atoms with Gasteiger partial charge in [0.2, 0.25) is 15.9 Å². The van der Waals surface area contributed by atoms with Crippen LogP contribution in [0.1, 0.15) is 0 Å². The number of hydrogen-bond donors (Lipinski definition) is 3. The Hall–Kier alpha value is -2.06. The van der Waals surface area contributed by atoms with Crippen molar-refractivity contribution in [2.24, 2.45) is 0 Å². The van der Waals surface area contributed by atoms with E-state index in [0.717, 1.165) is 12.3 Å². The molecule has 0 saturated carbocycles. The predicted molar refractivity (Wildman–Crippen MR) is 75.3 cm³/mol. The Morgan fingerprint density at radius 1 is 1.30 bits per heavy atom. The van der Waals surface area contributed by atoms with Crippen LogP contribution in [-0.4, -0.2) is 31.7 Å². The number of nitrogens with one attached hydrogen (secondary N) is 2. The van der Waals surface area contributed by atoms with Gasteiger partial charge >= 0.3 is 5.97 Å². The van der Waals surface area contributed by atoms with Gasteiger partial charge in [-0.3, -0.25) is 9.52 Å². The molecule has 0 unspecified atom stereocenters. The smallest absolute Gasteiger partial charge is 0.328 e. The molecule has 0 heterocycles. The molecule has 0 radical (unpaired) electrons. The van der Waals surface area contributed by atoms with Crippen LogP contribution in [0.3, 0.4) is 0 Å². The second-order valence-corrected chi connectivity index (χ2v) is 5.89. The van der Waals surface area contributed by atoms with Crippen molar-refractivity contribution in [2.45, 2.75) is 0 Å². The Balaban J connectivity index is 2.83. The maximum atomic E-state index is 11.3. The Labute approximate surface area is 120 Å². The van der Waals surface area contributed by atoms with Crippen molar-refractivity contribution in [1.29, 1.82) is 0 Å². The third-order valence-corrected chi connectivity index (χ3v) is 2.81. The molecule has 20 heavy (non-hydrogen) atoms. The van der Waals surface area contributed by atoms with E-state index in [1.54, 1.807) is 0 Å². The van der Waals surface area contributed by atoms with Crippen LogP contribution in [-0.2, 0) is 19.6 Å². The van der Waals surface area contributed by atoms with Gasteiger partial charge in [0.15, 0.2) is 0 Å². The van der Waals surface area contributed by atoms with E-state index < -0.39 is 21.9 Å². The van der Waals surface area contributed by atoms with E-state index >= 15 is 0 Å². The summed E-state index contributed by atoms with van der Waals surface area (Å²) < 4.78 is 24.3. The number of aliphatic carboxylic acids is 1. The summed E-state index contributed by atoms with van der Waals surface area (Å²) in [6.07, 6.45) is 2.52. The van der Waals surface area contributed by atoms with Crippen molar-refractivity contribution >= 4 is 44.9 Å². The number of sulfonamides is 1. The van der Waals surface area contributed by atoms with E-state index in [1.807, 2.05) is 0 Å². The van der Waals surface area contributed by atoms with Crippen LogP contribution < -0.4 is 10.0 Å². The molecule has 7 nitrogen and oxygen atoms in total. The first-order chi connectivity index (χ1) is 9.17. The van der Waals surface area contributed by atoms with E-state index in [1.165, 1.54) is 18.2 Å². The first-order valence-corrected chi connectivity index (χ1v) is 7.43. The van der Waals surface area contributed by atoms with Gasteiger partial charge in [0.1, 0.15) is 0 Å². The second kappa shape index (κ2) is 6.40. The third kappa shape index (κ3) is 5.72. The average molecular weight is 319 g/mol. The number of carbonyl (C=O) groups is 2. The number of benzene rings is 1. The molecule has 1 rings (SSSR count). The topological polar surface area (TPSA) is 113 Å². The molecular formula is C11H11ClN2O5S. The first kappa shape index (κ1) is 16.0. The number of amides is 1. The average Bonchev–Trinajstić information content (AvgIpc) is 2.28. The Kier molecular flexibility index (Phi) is 5.12. The molecule has 0 aliphatic carbocycles. The zero-order chi connectivity index (χ0) is 15.3. The van der Waals surface area contributed by atoms with Gasteiger partial charge in [0.25, 0.3) is 0 Å². The highest BCUT2D eigenvalue weighted by atomic mass is 35.5. The van der Waals surface area contributed by atoms with Crippen LogP contribution in [0.25, 0.3) is 0 Å². The van der Waals surface area contributed by atoms with E-state index in [4.69, 9.17) is 16.7 Å². The fourth-order valence-corrected chi connectivity index (χ4v) is 2.07. The van der Waals surface area contributed by atoms with Gasteiger partial charge in [-0.15, -0.1) is 0 Å². The van der Waals surface area contributed by atoms with Crippen LogP contribution in [0, 0.1) is 0 Å². The van der Waals surface area contributed by atoms with Crippen molar-refractivity contribution in [2.75, 3.05) is 16.3 Å². The summed E-state index contributed by atoms with van der Waals surface area (Å²) in [6.45, 7) is 0. The van der Waals surface area contributed by atoms with E-state index in [9.17, 15) is 18.0 Å². The molecule has 0 aliphatic rings. The molecule has 0 spiro atoms. The van der Waals surface area contributed by atoms with Crippen molar-refractivity contribution in [3.63, 3.8) is 0 Å². The monoisotopic (exact) mass is 318 g/mol. The Morgan fingerprint density at radius 2 is 1.95 bits per heavy atom. The quantitative estimate of drug-likeness (QED) is 0.708. The van der Waals surface area contributed by atoms with Gasteiger partial charge in [0.05, 0.1) is 17.0 Å². The predicted octanol–water partition coefficient (Wildman–Crippen LogP) is 1.29. The van der Waals surface area contributed by atoms with Gasteiger partial charge in [-0.2, -0.15) is 0 Å². The number of carboxylic acid groups (broad SMARTS) is 1. The van der Waals surface area contributed by atoms with Crippen LogP contribution in [0.15, 0.2) is 30.4 Å². The normalized spacial score (nSPS) is 11.3. The molecule has 0 saturated heterocycles. The summed E-state index contributed by atoms with van der Waals surface area (Å²) in [5.74, 6) is -1.89. The van der Waals surface area contributed by atoms with Crippen LogP contribution in [0.2, 0.25) is 5.02 Å². The molecule has 1 aromatic rings. The van der Waals surface area contributed by atoms with Gasteiger partial charge in [0, 0.05) is 17.8 Å². The van der Waals surface area contributed by atoms with Crippen molar-refractivity contribution < 1.29 is 23.1 Å².